The first-order chi connectivity index (χ1) is 12.1. The molecule has 0 aliphatic carbocycles. The smallest absolute Gasteiger partial charge is 0.317 e. The highest BCUT2D eigenvalue weighted by molar-refractivity contribution is 7.09. The number of anilines is 1. The van der Waals surface area contributed by atoms with Gasteiger partial charge in [0.15, 0.2) is 5.82 Å². The number of piperidine rings is 1. The Hall–Kier alpha value is -2.22. The van der Waals surface area contributed by atoms with Gasteiger partial charge in [-0.1, -0.05) is 6.92 Å². The molecule has 1 aliphatic heterocycles. The molecule has 1 N–H and O–H groups in total. The van der Waals surface area contributed by atoms with Crippen LogP contribution in [0.4, 0.5) is 10.6 Å². The number of nitrogens with zero attached hydrogens (tertiary/aromatic N) is 5. The Morgan fingerprint density at radius 1 is 1.52 bits per heavy atom. The fourth-order valence-corrected chi connectivity index (χ4v) is 3.74. The van der Waals surface area contributed by atoms with Gasteiger partial charge in [0.2, 0.25) is 0 Å². The molecule has 0 spiro atoms. The number of likely N-dealkylation sites (N-methyl/N-ethyl adjacent to an activating group) is 1. The van der Waals surface area contributed by atoms with Crippen molar-refractivity contribution in [2.24, 2.45) is 0 Å². The maximum atomic E-state index is 12.5. The molecule has 134 valence electrons. The molecule has 0 aromatic carbocycles. The number of carbonyl (C=O) groups excluding carboxylic acids is 1. The molecule has 2 aromatic heterocycles. The second-order valence-corrected chi connectivity index (χ2v) is 7.32. The highest BCUT2D eigenvalue weighted by atomic mass is 32.1. The molecule has 2 aromatic rings. The van der Waals surface area contributed by atoms with Gasteiger partial charge in [0.1, 0.15) is 0 Å². The number of thiazole rings is 1. The van der Waals surface area contributed by atoms with Crippen molar-refractivity contribution in [2.45, 2.75) is 31.7 Å². The molecular weight excluding hydrogens is 336 g/mol. The first-order valence-electron chi connectivity index (χ1n) is 8.58. The summed E-state index contributed by atoms with van der Waals surface area (Å²) < 4.78 is 0. The van der Waals surface area contributed by atoms with Crippen LogP contribution in [0.25, 0.3) is 0 Å². The van der Waals surface area contributed by atoms with Gasteiger partial charge in [0.05, 0.1) is 11.0 Å². The highest BCUT2D eigenvalue weighted by Crippen LogP contribution is 2.20. The van der Waals surface area contributed by atoms with Crippen molar-refractivity contribution in [2.75, 3.05) is 31.6 Å². The summed E-state index contributed by atoms with van der Waals surface area (Å²) >= 11 is 1.62. The van der Waals surface area contributed by atoms with Gasteiger partial charge in [0, 0.05) is 50.4 Å². The molecule has 3 rings (SSSR count). The van der Waals surface area contributed by atoms with Crippen LogP contribution in [0.3, 0.4) is 0 Å². The number of nitrogens with one attached hydrogen (secondary N) is 1. The van der Waals surface area contributed by atoms with Crippen LogP contribution < -0.4 is 10.2 Å². The topological polar surface area (TPSA) is 74.2 Å². The first kappa shape index (κ1) is 17.6. The third-order valence-electron chi connectivity index (χ3n) is 4.58. The lowest BCUT2D eigenvalue weighted by Crippen LogP contribution is -2.52. The fraction of sp³-hybridized carbons (Fsp3) is 0.529. The van der Waals surface area contributed by atoms with Crippen molar-refractivity contribution in [3.8, 4) is 0 Å². The number of amides is 2. The van der Waals surface area contributed by atoms with Crippen molar-refractivity contribution in [1.29, 1.82) is 0 Å². The SMILES string of the molecule is CC(CNC(=O)N(C)C1CCCN(c2cccnn2)C1)c1nccs1. The normalized spacial score (nSPS) is 18.6. The van der Waals surface area contributed by atoms with Crippen molar-refractivity contribution in [1.82, 2.24) is 25.4 Å². The average molecular weight is 360 g/mol. The number of urea groups is 1. The monoisotopic (exact) mass is 360 g/mol. The Morgan fingerprint density at radius 3 is 3.12 bits per heavy atom. The van der Waals surface area contributed by atoms with Crippen molar-refractivity contribution < 1.29 is 4.79 Å². The Bertz CT molecular complexity index is 665. The quantitative estimate of drug-likeness (QED) is 0.886. The number of carbonyl (C=O) groups is 1. The summed E-state index contributed by atoms with van der Waals surface area (Å²) in [4.78, 5) is 20.8. The van der Waals surface area contributed by atoms with Crippen LogP contribution in [0.5, 0.6) is 0 Å². The maximum absolute atomic E-state index is 12.5. The van der Waals surface area contributed by atoms with Crippen LogP contribution in [0.1, 0.15) is 30.7 Å². The minimum atomic E-state index is -0.0330. The molecule has 1 aliphatic rings. The summed E-state index contributed by atoms with van der Waals surface area (Å²) in [6.45, 7) is 4.41. The van der Waals surface area contributed by atoms with Gasteiger partial charge in [-0.25, -0.2) is 9.78 Å². The van der Waals surface area contributed by atoms with E-state index >= 15 is 0 Å². The molecule has 0 radical (unpaired) electrons. The zero-order chi connectivity index (χ0) is 17.6. The largest absolute Gasteiger partial charge is 0.353 e. The van der Waals surface area contributed by atoms with E-state index in [0.29, 0.717) is 6.54 Å². The lowest BCUT2D eigenvalue weighted by Gasteiger charge is -2.38. The Balaban J connectivity index is 1.52. The molecule has 0 saturated carbocycles. The second-order valence-electron chi connectivity index (χ2n) is 6.39. The Labute approximate surface area is 152 Å². The molecule has 25 heavy (non-hydrogen) atoms. The first-order valence-corrected chi connectivity index (χ1v) is 9.46. The van der Waals surface area contributed by atoms with E-state index < -0.39 is 0 Å². The van der Waals surface area contributed by atoms with Gasteiger partial charge in [-0.2, -0.15) is 5.10 Å². The minimum Gasteiger partial charge on any atom is -0.353 e. The molecule has 2 unspecified atom stereocenters. The van der Waals surface area contributed by atoms with Gasteiger partial charge in [-0.15, -0.1) is 16.4 Å². The lowest BCUT2D eigenvalue weighted by molar-refractivity contribution is 0.182. The Morgan fingerprint density at radius 2 is 2.40 bits per heavy atom. The fourth-order valence-electron chi connectivity index (χ4n) is 3.04. The summed E-state index contributed by atoms with van der Waals surface area (Å²) in [6, 6.07) is 3.99. The average Bonchev–Trinajstić information content (AvgIpc) is 3.21. The van der Waals surface area contributed by atoms with Crippen LogP contribution in [-0.4, -0.2) is 58.8 Å². The van der Waals surface area contributed by atoms with E-state index in [9.17, 15) is 4.79 Å². The highest BCUT2D eigenvalue weighted by Gasteiger charge is 2.27. The second kappa shape index (κ2) is 8.24. The zero-order valence-electron chi connectivity index (χ0n) is 14.6. The van der Waals surface area contributed by atoms with Crippen LogP contribution >= 0.6 is 11.3 Å². The van der Waals surface area contributed by atoms with Crippen LogP contribution in [-0.2, 0) is 0 Å². The third-order valence-corrected chi connectivity index (χ3v) is 5.59. The molecule has 1 saturated heterocycles. The van der Waals surface area contributed by atoms with Gasteiger partial charge in [-0.05, 0) is 25.0 Å². The predicted octanol–water partition coefficient (Wildman–Crippen LogP) is 2.35. The van der Waals surface area contributed by atoms with Crippen molar-refractivity contribution in [3.63, 3.8) is 0 Å². The standard InChI is InChI=1S/C17H24N6OS/c1-13(16-18-8-10-25-16)11-19-17(24)22(2)14-5-4-9-23(12-14)15-6-3-7-20-21-15/h3,6-8,10,13-14H,4-5,9,11-12H2,1-2H3,(H,19,24). The molecule has 7 nitrogen and oxygen atoms in total. The van der Waals surface area contributed by atoms with E-state index in [-0.39, 0.29) is 18.0 Å². The van der Waals surface area contributed by atoms with E-state index in [2.05, 4.69) is 32.3 Å². The van der Waals surface area contributed by atoms with E-state index in [1.54, 1.807) is 23.7 Å². The molecule has 2 amide bonds. The van der Waals surface area contributed by atoms with E-state index in [0.717, 1.165) is 36.8 Å². The summed E-state index contributed by atoms with van der Waals surface area (Å²) in [5, 5.41) is 14.2. The number of hydrogen-bond donors (Lipinski definition) is 1. The van der Waals surface area contributed by atoms with E-state index in [4.69, 9.17) is 0 Å². The predicted molar refractivity (Wildman–Crippen MR) is 99.0 cm³/mol. The van der Waals surface area contributed by atoms with Gasteiger partial charge in [-0.3, -0.25) is 0 Å². The molecule has 1 fully saturated rings. The maximum Gasteiger partial charge on any atom is 0.317 e. The van der Waals surface area contributed by atoms with Crippen molar-refractivity contribution in [3.05, 3.63) is 34.9 Å². The van der Waals surface area contributed by atoms with E-state index in [1.807, 2.05) is 29.5 Å². The number of hydrogen-bond acceptors (Lipinski definition) is 6. The van der Waals surface area contributed by atoms with Gasteiger partial charge < -0.3 is 15.1 Å². The van der Waals surface area contributed by atoms with Gasteiger partial charge >= 0.3 is 6.03 Å². The van der Waals surface area contributed by atoms with Crippen molar-refractivity contribution >= 4 is 23.2 Å². The van der Waals surface area contributed by atoms with Gasteiger partial charge in [0.25, 0.3) is 0 Å². The van der Waals surface area contributed by atoms with E-state index in [1.165, 1.54) is 0 Å². The van der Waals surface area contributed by atoms with Crippen LogP contribution in [0.15, 0.2) is 29.9 Å². The number of rotatable bonds is 5. The Kier molecular flexibility index (Phi) is 5.80. The molecule has 3 heterocycles. The summed E-state index contributed by atoms with van der Waals surface area (Å²) in [5.41, 5.74) is 0. The van der Waals surface area contributed by atoms with Crippen LogP contribution in [0, 0.1) is 0 Å². The summed E-state index contributed by atoms with van der Waals surface area (Å²) in [5.74, 6) is 1.10. The minimum absolute atomic E-state index is 0.0330. The number of aromatic nitrogens is 3. The third kappa shape index (κ3) is 4.45. The molecule has 8 heteroatoms. The molecule has 0 bridgehead atoms. The summed E-state index contributed by atoms with van der Waals surface area (Å²) in [6.07, 6.45) is 5.51. The van der Waals surface area contributed by atoms with Crippen LogP contribution in [0.2, 0.25) is 0 Å². The molecular formula is C17H24N6OS. The zero-order valence-corrected chi connectivity index (χ0v) is 15.4. The lowest BCUT2D eigenvalue weighted by atomic mass is 10.0. The summed E-state index contributed by atoms with van der Waals surface area (Å²) in [7, 11) is 1.87. The molecule has 2 atom stereocenters.